The molecule has 4 heterocycles. The van der Waals surface area contributed by atoms with Crippen LogP contribution in [0.4, 0.5) is 0 Å². The molecule has 0 unspecified atom stereocenters. The molecule has 2 atom stereocenters. The van der Waals surface area contributed by atoms with Crippen LogP contribution in [0.15, 0.2) is 69.7 Å². The van der Waals surface area contributed by atoms with Gasteiger partial charge < -0.3 is 19.2 Å². The third-order valence-electron chi connectivity index (χ3n) is 6.25. The van der Waals surface area contributed by atoms with Gasteiger partial charge in [0.1, 0.15) is 5.70 Å². The van der Waals surface area contributed by atoms with Gasteiger partial charge in [0.2, 0.25) is 0 Å². The summed E-state index contributed by atoms with van der Waals surface area (Å²) in [5.74, 6) is -0.539. The molecule has 34 heavy (non-hydrogen) atoms. The Morgan fingerprint density at radius 2 is 1.88 bits per heavy atom. The SMILES string of the molecule is O=C(N/C(=C/c1ccc(Cl)c(Cl)c1)C(=O)N1C[C@@H]2C[C@H](C1)c1cccc(=O)n1C2)c1ccco1. The number of aromatic nitrogens is 1. The molecular weight excluding hydrogens is 477 g/mol. The van der Waals surface area contributed by atoms with Crippen LogP contribution >= 0.6 is 23.2 Å². The summed E-state index contributed by atoms with van der Waals surface area (Å²) < 4.78 is 6.99. The minimum Gasteiger partial charge on any atom is -0.459 e. The van der Waals surface area contributed by atoms with E-state index in [9.17, 15) is 14.4 Å². The number of rotatable bonds is 4. The zero-order valence-corrected chi connectivity index (χ0v) is 19.6. The number of halogens is 2. The van der Waals surface area contributed by atoms with Crippen LogP contribution in [0.5, 0.6) is 0 Å². The van der Waals surface area contributed by atoms with Gasteiger partial charge in [-0.3, -0.25) is 14.4 Å². The van der Waals surface area contributed by atoms with Crippen LogP contribution < -0.4 is 10.9 Å². The van der Waals surface area contributed by atoms with Crippen molar-refractivity contribution in [1.82, 2.24) is 14.8 Å². The highest BCUT2D eigenvalue weighted by molar-refractivity contribution is 6.42. The topological polar surface area (TPSA) is 84.5 Å². The summed E-state index contributed by atoms with van der Waals surface area (Å²) in [6, 6.07) is 13.4. The van der Waals surface area contributed by atoms with E-state index >= 15 is 0 Å². The van der Waals surface area contributed by atoms with E-state index in [-0.39, 0.29) is 34.8 Å². The molecular formula is C25H21Cl2N3O4. The Morgan fingerprint density at radius 3 is 2.65 bits per heavy atom. The minimum atomic E-state index is -0.529. The van der Waals surface area contributed by atoms with Crippen molar-refractivity contribution in [2.75, 3.05) is 13.1 Å². The van der Waals surface area contributed by atoms with E-state index in [1.165, 1.54) is 12.3 Å². The number of pyridine rings is 1. The van der Waals surface area contributed by atoms with E-state index in [1.54, 1.807) is 47.4 Å². The molecule has 0 aliphatic carbocycles. The van der Waals surface area contributed by atoms with E-state index in [0.717, 1.165) is 12.1 Å². The molecule has 0 spiro atoms. The third kappa shape index (κ3) is 4.41. The first-order valence-electron chi connectivity index (χ1n) is 10.9. The first kappa shape index (κ1) is 22.5. The summed E-state index contributed by atoms with van der Waals surface area (Å²) in [7, 11) is 0. The molecule has 2 aromatic heterocycles. The summed E-state index contributed by atoms with van der Waals surface area (Å²) in [5, 5.41) is 3.43. The molecule has 2 amide bonds. The lowest BCUT2D eigenvalue weighted by molar-refractivity contribution is -0.130. The average molecular weight is 498 g/mol. The van der Waals surface area contributed by atoms with Crippen molar-refractivity contribution < 1.29 is 14.0 Å². The van der Waals surface area contributed by atoms with Crippen molar-refractivity contribution in [2.24, 2.45) is 5.92 Å². The Morgan fingerprint density at radius 1 is 1.03 bits per heavy atom. The largest absolute Gasteiger partial charge is 0.459 e. The van der Waals surface area contributed by atoms with Gasteiger partial charge in [0.25, 0.3) is 17.4 Å². The quantitative estimate of drug-likeness (QED) is 0.548. The van der Waals surface area contributed by atoms with Crippen LogP contribution in [0, 0.1) is 5.92 Å². The first-order valence-corrected chi connectivity index (χ1v) is 11.7. The second kappa shape index (κ2) is 9.16. The molecule has 2 aliphatic heterocycles. The normalized spacial score (nSPS) is 19.5. The number of piperidine rings is 1. The van der Waals surface area contributed by atoms with Gasteiger partial charge in [-0.05, 0) is 54.3 Å². The molecule has 174 valence electrons. The molecule has 1 aromatic carbocycles. The minimum absolute atomic E-state index is 0.0158. The number of fused-ring (bicyclic) bond motifs is 4. The van der Waals surface area contributed by atoms with Gasteiger partial charge in [0.15, 0.2) is 5.76 Å². The van der Waals surface area contributed by atoms with Crippen LogP contribution in [0.1, 0.15) is 34.2 Å². The van der Waals surface area contributed by atoms with Crippen molar-refractivity contribution in [3.8, 4) is 0 Å². The van der Waals surface area contributed by atoms with Crippen LogP contribution in [-0.4, -0.2) is 34.4 Å². The summed E-state index contributed by atoms with van der Waals surface area (Å²) >= 11 is 12.2. The van der Waals surface area contributed by atoms with Gasteiger partial charge >= 0.3 is 0 Å². The summed E-state index contributed by atoms with van der Waals surface area (Å²) in [6.07, 6.45) is 3.89. The van der Waals surface area contributed by atoms with E-state index in [4.69, 9.17) is 27.6 Å². The highest BCUT2D eigenvalue weighted by atomic mass is 35.5. The average Bonchev–Trinajstić information content (AvgIpc) is 3.36. The standard InChI is InChI=1S/C25H21Cl2N3O4/c26-18-7-6-15(10-19(18)27)11-20(28-24(32)22-4-2-8-34-22)25(33)29-12-16-9-17(14-29)21-3-1-5-23(31)30(21)13-16/h1-8,10-11,16-17H,9,12-14H2,(H,28,32)/b20-11+/t16-,17+/m0/s1. The van der Waals surface area contributed by atoms with Crippen molar-refractivity contribution in [2.45, 2.75) is 18.9 Å². The van der Waals surface area contributed by atoms with Gasteiger partial charge in [-0.25, -0.2) is 0 Å². The molecule has 2 aliphatic rings. The number of nitrogens with zero attached hydrogens (tertiary/aromatic N) is 2. The predicted octanol–water partition coefficient (Wildman–Crippen LogP) is 4.16. The van der Waals surface area contributed by atoms with Crippen LogP contribution in [0.2, 0.25) is 10.0 Å². The van der Waals surface area contributed by atoms with Crippen molar-refractivity contribution >= 4 is 41.1 Å². The second-order valence-corrected chi connectivity index (χ2v) is 9.39. The molecule has 0 radical (unpaired) electrons. The number of nitrogens with one attached hydrogen (secondary N) is 1. The maximum Gasteiger partial charge on any atom is 0.291 e. The van der Waals surface area contributed by atoms with Gasteiger partial charge in [-0.1, -0.05) is 35.3 Å². The van der Waals surface area contributed by atoms with Crippen molar-refractivity contribution in [1.29, 1.82) is 0 Å². The van der Waals surface area contributed by atoms with Crippen LogP contribution in [0.25, 0.3) is 6.08 Å². The van der Waals surface area contributed by atoms with Crippen LogP contribution in [0.3, 0.4) is 0 Å². The smallest absolute Gasteiger partial charge is 0.291 e. The highest BCUT2D eigenvalue weighted by Crippen LogP contribution is 2.35. The van der Waals surface area contributed by atoms with Gasteiger partial charge in [-0.15, -0.1) is 0 Å². The number of furan rings is 1. The maximum absolute atomic E-state index is 13.7. The molecule has 9 heteroatoms. The van der Waals surface area contributed by atoms with E-state index in [1.807, 2.05) is 10.6 Å². The second-order valence-electron chi connectivity index (χ2n) is 8.57. The molecule has 5 rings (SSSR count). The molecule has 2 bridgehead atoms. The summed E-state index contributed by atoms with van der Waals surface area (Å²) in [6.45, 7) is 1.51. The maximum atomic E-state index is 13.7. The summed E-state index contributed by atoms with van der Waals surface area (Å²) in [4.78, 5) is 40.4. The predicted molar refractivity (Wildman–Crippen MR) is 129 cm³/mol. The molecule has 7 nitrogen and oxygen atoms in total. The van der Waals surface area contributed by atoms with E-state index in [2.05, 4.69) is 5.32 Å². The Kier molecular flexibility index (Phi) is 6.06. The number of benzene rings is 1. The summed E-state index contributed by atoms with van der Waals surface area (Å²) in [5.41, 5.74) is 1.64. The third-order valence-corrected chi connectivity index (χ3v) is 6.98. The lowest BCUT2D eigenvalue weighted by atomic mass is 9.83. The number of hydrogen-bond donors (Lipinski definition) is 1. The first-order chi connectivity index (χ1) is 16.4. The number of carbonyl (C=O) groups is 2. The lowest BCUT2D eigenvalue weighted by Gasteiger charge is -2.42. The zero-order valence-electron chi connectivity index (χ0n) is 18.0. The Hall–Kier alpha value is -3.29. The van der Waals surface area contributed by atoms with Crippen molar-refractivity contribution in [3.63, 3.8) is 0 Å². The number of amides is 2. The number of carbonyl (C=O) groups excluding carboxylic acids is 2. The molecule has 3 aromatic rings. The molecule has 0 saturated carbocycles. The fourth-order valence-corrected chi connectivity index (χ4v) is 5.05. The molecule has 1 saturated heterocycles. The molecule has 1 fully saturated rings. The zero-order chi connectivity index (χ0) is 23.8. The highest BCUT2D eigenvalue weighted by Gasteiger charge is 2.37. The fraction of sp³-hybridized carbons (Fsp3) is 0.240. The van der Waals surface area contributed by atoms with Crippen LogP contribution in [-0.2, 0) is 11.3 Å². The fourth-order valence-electron chi connectivity index (χ4n) is 4.74. The van der Waals surface area contributed by atoms with Gasteiger partial charge in [-0.2, -0.15) is 0 Å². The Labute approximate surface area is 205 Å². The van der Waals surface area contributed by atoms with Crippen molar-refractivity contribution in [3.05, 3.63) is 97.9 Å². The Bertz CT molecular complexity index is 1350. The van der Waals surface area contributed by atoms with Gasteiger partial charge in [0.05, 0.1) is 16.3 Å². The van der Waals surface area contributed by atoms with E-state index < -0.39 is 5.91 Å². The van der Waals surface area contributed by atoms with E-state index in [0.29, 0.717) is 35.2 Å². The number of hydrogen-bond acceptors (Lipinski definition) is 4. The van der Waals surface area contributed by atoms with Gasteiger partial charge in [0, 0.05) is 37.3 Å². The Balaban J connectivity index is 1.45. The molecule has 1 N–H and O–H groups in total. The monoisotopic (exact) mass is 497 g/mol. The lowest BCUT2D eigenvalue weighted by Crippen LogP contribution is -2.50. The number of likely N-dealkylation sites (tertiary alicyclic amines) is 1.